The number of carbonyl (C=O) groups is 2. The number of carbonyl (C=O) groups excluding carboxylic acids is 2. The first kappa shape index (κ1) is 24.0. The number of hydrogen-bond donors (Lipinski definition) is 1. The lowest BCUT2D eigenvalue weighted by Gasteiger charge is -2.13. The number of ether oxygens (including phenoxy) is 2. The number of para-hydroxylation sites is 1. The first-order valence-corrected chi connectivity index (χ1v) is 13.1. The molecule has 0 bridgehead atoms. The van der Waals surface area contributed by atoms with E-state index in [0.717, 1.165) is 64.8 Å². The fourth-order valence-corrected chi connectivity index (χ4v) is 5.89. The Morgan fingerprint density at radius 1 is 1.06 bits per heavy atom. The minimum Gasteiger partial charge on any atom is -0.494 e. The van der Waals surface area contributed by atoms with E-state index in [1.165, 1.54) is 18.4 Å². The lowest BCUT2D eigenvalue weighted by Crippen LogP contribution is -2.16. The molecule has 0 saturated carbocycles. The Morgan fingerprint density at radius 2 is 1.89 bits per heavy atom. The van der Waals surface area contributed by atoms with Crippen LogP contribution >= 0.6 is 11.3 Å². The SMILES string of the molecule is CCCOc1cccc(-c2cc(C(=O)Nc3sc4c(c3C(=O)OC)CCCC4)c3ccccc3n2)c1. The molecule has 0 spiro atoms. The molecule has 6 nitrogen and oxygen atoms in total. The second-order valence-corrected chi connectivity index (χ2v) is 9.91. The van der Waals surface area contributed by atoms with E-state index in [1.807, 2.05) is 54.6 Å². The molecular formula is C29H28N2O4S. The van der Waals surface area contributed by atoms with Crippen molar-refractivity contribution in [2.24, 2.45) is 0 Å². The average Bonchev–Trinajstić information content (AvgIpc) is 3.28. The predicted octanol–water partition coefficient (Wildman–Crippen LogP) is 6.67. The summed E-state index contributed by atoms with van der Waals surface area (Å²) in [5.41, 5.74) is 4.27. The number of benzene rings is 2. The lowest BCUT2D eigenvalue weighted by molar-refractivity contribution is 0.0601. The number of nitrogens with zero attached hydrogens (tertiary/aromatic N) is 1. The van der Waals surface area contributed by atoms with Crippen LogP contribution in [0.1, 0.15) is 57.3 Å². The van der Waals surface area contributed by atoms with Crippen LogP contribution in [0.3, 0.4) is 0 Å². The molecule has 7 heteroatoms. The molecule has 1 aliphatic carbocycles. The fourth-order valence-electron chi connectivity index (χ4n) is 4.62. The Balaban J connectivity index is 1.55. The number of aryl methyl sites for hydroxylation is 1. The zero-order valence-corrected chi connectivity index (χ0v) is 21.2. The smallest absolute Gasteiger partial charge is 0.341 e. The zero-order valence-electron chi connectivity index (χ0n) is 20.4. The number of aromatic nitrogens is 1. The van der Waals surface area contributed by atoms with Crippen molar-refractivity contribution in [2.45, 2.75) is 39.0 Å². The van der Waals surface area contributed by atoms with Gasteiger partial charge in [0.1, 0.15) is 10.8 Å². The van der Waals surface area contributed by atoms with Crippen LogP contribution < -0.4 is 10.1 Å². The summed E-state index contributed by atoms with van der Waals surface area (Å²) >= 11 is 1.48. The van der Waals surface area contributed by atoms with E-state index in [1.54, 1.807) is 0 Å². The van der Waals surface area contributed by atoms with Gasteiger partial charge in [0.05, 0.1) is 36.1 Å². The van der Waals surface area contributed by atoms with Crippen LogP contribution in [0.2, 0.25) is 0 Å². The number of esters is 1. The number of pyridine rings is 1. The molecule has 1 amide bonds. The van der Waals surface area contributed by atoms with Crippen molar-refractivity contribution in [3.05, 3.63) is 76.2 Å². The average molecular weight is 501 g/mol. The van der Waals surface area contributed by atoms with E-state index >= 15 is 0 Å². The molecule has 1 aliphatic rings. The van der Waals surface area contributed by atoms with Crippen molar-refractivity contribution < 1.29 is 19.1 Å². The molecule has 0 aliphatic heterocycles. The van der Waals surface area contributed by atoms with Gasteiger partial charge in [0, 0.05) is 15.8 Å². The molecule has 0 unspecified atom stereocenters. The van der Waals surface area contributed by atoms with Crippen LogP contribution in [0.4, 0.5) is 5.00 Å². The van der Waals surface area contributed by atoms with E-state index in [9.17, 15) is 9.59 Å². The van der Waals surface area contributed by atoms with E-state index < -0.39 is 5.97 Å². The third kappa shape index (κ3) is 4.71. The molecule has 2 aromatic carbocycles. The van der Waals surface area contributed by atoms with E-state index in [2.05, 4.69) is 12.2 Å². The van der Waals surface area contributed by atoms with Crippen LogP contribution in [-0.4, -0.2) is 30.6 Å². The van der Waals surface area contributed by atoms with Crippen molar-refractivity contribution in [1.29, 1.82) is 0 Å². The quantitative estimate of drug-likeness (QED) is 0.287. The summed E-state index contributed by atoms with van der Waals surface area (Å²) in [6.07, 6.45) is 4.77. The third-order valence-corrected chi connectivity index (χ3v) is 7.56. The maximum absolute atomic E-state index is 13.7. The predicted molar refractivity (Wildman–Crippen MR) is 143 cm³/mol. The zero-order chi connectivity index (χ0) is 25.1. The maximum atomic E-state index is 13.7. The molecule has 0 atom stereocenters. The standard InChI is InChI=1S/C29H28N2O4S/c1-3-15-35-19-10-8-9-18(16-19)24-17-22(20-11-4-6-13-23(20)30-24)27(32)31-28-26(29(33)34-2)21-12-5-7-14-25(21)36-28/h4,6,8-11,13,16-17H,3,5,7,12,14-15H2,1-2H3,(H,31,32). The molecule has 1 N–H and O–H groups in total. The van der Waals surface area contributed by atoms with Gasteiger partial charge in [-0.15, -0.1) is 11.3 Å². The molecule has 36 heavy (non-hydrogen) atoms. The van der Waals surface area contributed by atoms with Crippen LogP contribution in [0.25, 0.3) is 22.2 Å². The Bertz CT molecular complexity index is 1440. The van der Waals surface area contributed by atoms with E-state index in [0.29, 0.717) is 28.4 Å². The molecule has 2 heterocycles. The Morgan fingerprint density at radius 3 is 2.72 bits per heavy atom. The monoisotopic (exact) mass is 500 g/mol. The topological polar surface area (TPSA) is 77.5 Å². The van der Waals surface area contributed by atoms with E-state index in [4.69, 9.17) is 14.5 Å². The van der Waals surface area contributed by atoms with Gasteiger partial charge in [-0.25, -0.2) is 9.78 Å². The molecule has 5 rings (SSSR count). The van der Waals surface area contributed by atoms with Gasteiger partial charge in [0.2, 0.25) is 0 Å². The van der Waals surface area contributed by atoms with Gasteiger partial charge in [0.15, 0.2) is 0 Å². The van der Waals surface area contributed by atoms with Gasteiger partial charge in [-0.2, -0.15) is 0 Å². The van der Waals surface area contributed by atoms with Gasteiger partial charge in [0.25, 0.3) is 5.91 Å². The number of thiophene rings is 1. The highest BCUT2D eigenvalue weighted by Crippen LogP contribution is 2.39. The summed E-state index contributed by atoms with van der Waals surface area (Å²) in [4.78, 5) is 32.3. The molecule has 0 radical (unpaired) electrons. The van der Waals surface area contributed by atoms with Crippen LogP contribution in [0.15, 0.2) is 54.6 Å². The minimum absolute atomic E-state index is 0.281. The highest BCUT2D eigenvalue weighted by Gasteiger charge is 2.27. The van der Waals surface area contributed by atoms with Gasteiger partial charge >= 0.3 is 5.97 Å². The maximum Gasteiger partial charge on any atom is 0.341 e. The van der Waals surface area contributed by atoms with Crippen molar-refractivity contribution in [2.75, 3.05) is 19.0 Å². The lowest BCUT2D eigenvalue weighted by atomic mass is 9.95. The van der Waals surface area contributed by atoms with E-state index in [-0.39, 0.29) is 5.91 Å². The second kappa shape index (κ2) is 10.5. The van der Waals surface area contributed by atoms with Crippen LogP contribution in [-0.2, 0) is 17.6 Å². The normalized spacial score (nSPS) is 12.7. The number of nitrogens with one attached hydrogen (secondary N) is 1. The van der Waals surface area contributed by atoms with Crippen molar-refractivity contribution in [3.63, 3.8) is 0 Å². The Hall–Kier alpha value is -3.71. The number of anilines is 1. The fraction of sp³-hybridized carbons (Fsp3) is 0.276. The van der Waals surface area contributed by atoms with Gasteiger partial charge in [-0.1, -0.05) is 37.3 Å². The number of amides is 1. The summed E-state index contributed by atoms with van der Waals surface area (Å²) in [6.45, 7) is 2.70. The van der Waals surface area contributed by atoms with Crippen molar-refractivity contribution >= 4 is 39.1 Å². The highest BCUT2D eigenvalue weighted by atomic mass is 32.1. The largest absolute Gasteiger partial charge is 0.494 e. The molecule has 2 aromatic heterocycles. The summed E-state index contributed by atoms with van der Waals surface area (Å²) in [5.74, 6) is 0.0769. The molecule has 4 aromatic rings. The van der Waals surface area contributed by atoms with Crippen LogP contribution in [0, 0.1) is 0 Å². The second-order valence-electron chi connectivity index (χ2n) is 8.81. The summed E-state index contributed by atoms with van der Waals surface area (Å²) in [5, 5.41) is 4.34. The Kier molecular flexibility index (Phi) is 7.00. The number of fused-ring (bicyclic) bond motifs is 2. The molecular weight excluding hydrogens is 472 g/mol. The summed E-state index contributed by atoms with van der Waals surface area (Å²) in [7, 11) is 1.38. The van der Waals surface area contributed by atoms with Gasteiger partial charge < -0.3 is 14.8 Å². The Labute approximate surface area is 214 Å². The number of hydrogen-bond acceptors (Lipinski definition) is 6. The van der Waals surface area contributed by atoms with Crippen LogP contribution in [0.5, 0.6) is 5.75 Å². The number of methoxy groups -OCH3 is 1. The third-order valence-electron chi connectivity index (χ3n) is 6.35. The molecule has 0 fully saturated rings. The molecule has 184 valence electrons. The summed E-state index contributed by atoms with van der Waals surface area (Å²) < 4.78 is 10.9. The first-order valence-electron chi connectivity index (χ1n) is 12.3. The van der Waals surface area contributed by atoms with Gasteiger partial charge in [-0.3, -0.25) is 4.79 Å². The van der Waals surface area contributed by atoms with Crippen molar-refractivity contribution in [3.8, 4) is 17.0 Å². The van der Waals surface area contributed by atoms with Crippen molar-refractivity contribution in [1.82, 2.24) is 4.98 Å². The molecule has 0 saturated heterocycles. The summed E-state index contributed by atoms with van der Waals surface area (Å²) in [6, 6.07) is 17.1. The van der Waals surface area contributed by atoms with Gasteiger partial charge in [-0.05, 0) is 61.9 Å². The first-order chi connectivity index (χ1) is 17.6. The highest BCUT2D eigenvalue weighted by molar-refractivity contribution is 7.17. The number of rotatable bonds is 7. The minimum atomic E-state index is -0.408.